The van der Waals surface area contributed by atoms with Crippen molar-refractivity contribution < 1.29 is 14.2 Å². The molecule has 1 unspecified atom stereocenters. The molecule has 1 aliphatic rings. The van der Waals surface area contributed by atoms with Crippen LogP contribution in [-0.2, 0) is 9.47 Å². The average Bonchev–Trinajstić information content (AvgIpc) is 2.73. The van der Waals surface area contributed by atoms with Crippen LogP contribution in [-0.4, -0.2) is 19.3 Å². The maximum Gasteiger partial charge on any atom is 0.185 e. The highest BCUT2D eigenvalue weighted by Gasteiger charge is 2.35. The molecule has 2 rings (SSSR count). The predicted molar refractivity (Wildman–Crippen MR) is 61.4 cm³/mol. The highest BCUT2D eigenvalue weighted by Crippen LogP contribution is 2.34. The van der Waals surface area contributed by atoms with Crippen molar-refractivity contribution in [2.24, 2.45) is 0 Å². The summed E-state index contributed by atoms with van der Waals surface area (Å²) in [5.74, 6) is 0.827. The molecule has 2 atom stereocenters. The molecule has 1 aromatic rings. The van der Waals surface area contributed by atoms with Gasteiger partial charge in [-0.1, -0.05) is 18.2 Å². The van der Waals surface area contributed by atoms with Gasteiger partial charge in [-0.25, -0.2) is 0 Å². The normalized spacial score (nSPS) is 29.0. The van der Waals surface area contributed by atoms with Crippen LogP contribution in [0.5, 0.6) is 5.75 Å². The predicted octanol–water partition coefficient (Wildman–Crippen LogP) is 2.69. The molecular weight excluding hydrogens is 204 g/mol. The number of hydrogen-bond donors (Lipinski definition) is 0. The summed E-state index contributed by atoms with van der Waals surface area (Å²) >= 11 is 0. The van der Waals surface area contributed by atoms with E-state index in [9.17, 15) is 0 Å². The minimum absolute atomic E-state index is 0.311. The van der Waals surface area contributed by atoms with Gasteiger partial charge in [0.25, 0.3) is 0 Å². The highest BCUT2D eigenvalue weighted by atomic mass is 16.7. The Bertz CT molecular complexity index is 371. The van der Waals surface area contributed by atoms with Crippen molar-refractivity contribution in [1.29, 1.82) is 0 Å². The maximum atomic E-state index is 5.78. The van der Waals surface area contributed by atoms with Crippen LogP contribution in [0.4, 0.5) is 0 Å². The molecule has 0 radical (unpaired) electrons. The first kappa shape index (κ1) is 11.2. The van der Waals surface area contributed by atoms with Gasteiger partial charge in [0.2, 0.25) is 0 Å². The van der Waals surface area contributed by atoms with Crippen molar-refractivity contribution in [3.05, 3.63) is 42.5 Å². The molecule has 86 valence electrons. The SMILES string of the molecule is C=CC1(C)CO[C@@H](c2ccc(OC)cc2)O1. The molecule has 0 bridgehead atoms. The Labute approximate surface area is 95.6 Å². The van der Waals surface area contributed by atoms with Crippen molar-refractivity contribution >= 4 is 0 Å². The molecule has 0 N–H and O–H groups in total. The Morgan fingerprint density at radius 2 is 2.12 bits per heavy atom. The van der Waals surface area contributed by atoms with E-state index in [2.05, 4.69) is 6.58 Å². The minimum atomic E-state index is -0.384. The van der Waals surface area contributed by atoms with Gasteiger partial charge in [0, 0.05) is 5.56 Å². The molecule has 16 heavy (non-hydrogen) atoms. The van der Waals surface area contributed by atoms with E-state index in [-0.39, 0.29) is 11.9 Å². The molecule has 3 nitrogen and oxygen atoms in total. The van der Waals surface area contributed by atoms with Crippen LogP contribution < -0.4 is 4.74 Å². The molecule has 0 saturated carbocycles. The summed E-state index contributed by atoms with van der Waals surface area (Å²) in [6, 6.07) is 7.67. The lowest BCUT2D eigenvalue weighted by Crippen LogP contribution is -2.23. The second-order valence-electron chi connectivity index (χ2n) is 4.05. The average molecular weight is 220 g/mol. The quantitative estimate of drug-likeness (QED) is 0.733. The first-order valence-electron chi connectivity index (χ1n) is 5.24. The molecule has 1 aliphatic heterocycles. The number of rotatable bonds is 3. The summed E-state index contributed by atoms with van der Waals surface area (Å²) < 4.78 is 16.5. The maximum absolute atomic E-state index is 5.78. The van der Waals surface area contributed by atoms with Crippen LogP contribution in [0.3, 0.4) is 0 Å². The van der Waals surface area contributed by atoms with Gasteiger partial charge < -0.3 is 14.2 Å². The van der Waals surface area contributed by atoms with Crippen molar-refractivity contribution in [3.8, 4) is 5.75 Å². The first-order chi connectivity index (χ1) is 7.67. The van der Waals surface area contributed by atoms with E-state index in [0.29, 0.717) is 6.61 Å². The largest absolute Gasteiger partial charge is 0.497 e. The molecule has 0 amide bonds. The van der Waals surface area contributed by atoms with E-state index in [4.69, 9.17) is 14.2 Å². The Balaban J connectivity index is 2.11. The van der Waals surface area contributed by atoms with Gasteiger partial charge in [-0.15, -0.1) is 6.58 Å². The fraction of sp³-hybridized carbons (Fsp3) is 0.385. The van der Waals surface area contributed by atoms with Crippen molar-refractivity contribution in [2.75, 3.05) is 13.7 Å². The number of ether oxygens (including phenoxy) is 3. The van der Waals surface area contributed by atoms with Crippen LogP contribution in [0.1, 0.15) is 18.8 Å². The zero-order chi connectivity index (χ0) is 11.6. The monoisotopic (exact) mass is 220 g/mol. The Morgan fingerprint density at radius 3 is 2.62 bits per heavy atom. The smallest absolute Gasteiger partial charge is 0.185 e. The van der Waals surface area contributed by atoms with Crippen molar-refractivity contribution in [1.82, 2.24) is 0 Å². The summed E-state index contributed by atoms with van der Waals surface area (Å²) in [4.78, 5) is 0. The lowest BCUT2D eigenvalue weighted by Gasteiger charge is -2.17. The molecule has 1 fully saturated rings. The van der Waals surface area contributed by atoms with Gasteiger partial charge in [0.15, 0.2) is 6.29 Å². The van der Waals surface area contributed by atoms with Crippen molar-refractivity contribution in [2.45, 2.75) is 18.8 Å². The van der Waals surface area contributed by atoms with E-state index < -0.39 is 0 Å². The summed E-state index contributed by atoms with van der Waals surface area (Å²) in [6.45, 7) is 6.24. The van der Waals surface area contributed by atoms with Crippen LogP contribution >= 0.6 is 0 Å². The molecular formula is C13H16O3. The first-order valence-corrected chi connectivity index (χ1v) is 5.24. The Kier molecular flexibility index (Phi) is 2.99. The van der Waals surface area contributed by atoms with E-state index in [0.717, 1.165) is 11.3 Å². The molecule has 1 aromatic carbocycles. The Hall–Kier alpha value is -1.32. The van der Waals surface area contributed by atoms with E-state index >= 15 is 0 Å². The summed E-state index contributed by atoms with van der Waals surface area (Å²) in [5.41, 5.74) is 0.608. The molecule has 1 saturated heterocycles. The fourth-order valence-electron chi connectivity index (χ4n) is 1.59. The summed E-state index contributed by atoms with van der Waals surface area (Å²) in [7, 11) is 1.65. The topological polar surface area (TPSA) is 27.7 Å². The second kappa shape index (κ2) is 4.28. The third-order valence-corrected chi connectivity index (χ3v) is 2.72. The van der Waals surface area contributed by atoms with Gasteiger partial charge in [-0.05, 0) is 19.1 Å². The van der Waals surface area contributed by atoms with Crippen LogP contribution in [0.2, 0.25) is 0 Å². The van der Waals surface area contributed by atoms with Gasteiger partial charge in [-0.2, -0.15) is 0 Å². The molecule has 0 aliphatic carbocycles. The van der Waals surface area contributed by atoms with Gasteiger partial charge >= 0.3 is 0 Å². The Morgan fingerprint density at radius 1 is 1.44 bits per heavy atom. The standard InChI is InChI=1S/C13H16O3/c1-4-13(2)9-15-12(16-13)10-5-7-11(14-3)8-6-10/h4-8,12H,1,9H2,2-3H3/t12-,13?/m1/s1. The molecule has 1 heterocycles. The van der Waals surface area contributed by atoms with Crippen LogP contribution in [0.15, 0.2) is 36.9 Å². The van der Waals surface area contributed by atoms with Crippen LogP contribution in [0.25, 0.3) is 0 Å². The summed E-state index contributed by atoms with van der Waals surface area (Å²) in [5, 5.41) is 0. The number of benzene rings is 1. The van der Waals surface area contributed by atoms with Gasteiger partial charge in [0.05, 0.1) is 13.7 Å². The van der Waals surface area contributed by atoms with E-state index in [1.54, 1.807) is 13.2 Å². The van der Waals surface area contributed by atoms with Crippen LogP contribution in [0, 0.1) is 0 Å². The van der Waals surface area contributed by atoms with Gasteiger partial charge in [0.1, 0.15) is 11.4 Å². The number of methoxy groups -OCH3 is 1. The summed E-state index contributed by atoms with van der Waals surface area (Å²) in [6.07, 6.45) is 1.46. The third-order valence-electron chi connectivity index (χ3n) is 2.72. The fourth-order valence-corrected chi connectivity index (χ4v) is 1.59. The lowest BCUT2D eigenvalue weighted by atomic mass is 10.1. The lowest BCUT2D eigenvalue weighted by molar-refractivity contribution is -0.0734. The highest BCUT2D eigenvalue weighted by molar-refractivity contribution is 5.28. The third kappa shape index (κ3) is 2.10. The molecule has 3 heteroatoms. The van der Waals surface area contributed by atoms with E-state index in [1.807, 2.05) is 31.2 Å². The minimum Gasteiger partial charge on any atom is -0.497 e. The zero-order valence-corrected chi connectivity index (χ0v) is 9.60. The zero-order valence-electron chi connectivity index (χ0n) is 9.60. The van der Waals surface area contributed by atoms with E-state index in [1.165, 1.54) is 0 Å². The molecule has 0 aromatic heterocycles. The number of hydrogen-bond acceptors (Lipinski definition) is 3. The second-order valence-corrected chi connectivity index (χ2v) is 4.05. The van der Waals surface area contributed by atoms with Crippen molar-refractivity contribution in [3.63, 3.8) is 0 Å². The molecule has 0 spiro atoms. The van der Waals surface area contributed by atoms with Gasteiger partial charge in [-0.3, -0.25) is 0 Å².